The van der Waals surface area contributed by atoms with Gasteiger partial charge >= 0.3 is 0 Å². The van der Waals surface area contributed by atoms with Gasteiger partial charge in [0.15, 0.2) is 6.35 Å². The van der Waals surface area contributed by atoms with E-state index in [1.54, 1.807) is 0 Å². The second-order valence-electron chi connectivity index (χ2n) is 10.6. The van der Waals surface area contributed by atoms with Crippen LogP contribution in [0.4, 0.5) is 0 Å². The third kappa shape index (κ3) is 5.39. The number of aliphatic hydroxyl groups is 1. The van der Waals surface area contributed by atoms with Gasteiger partial charge in [-0.3, -0.25) is 10.2 Å². The monoisotopic (exact) mass is 458 g/mol. The van der Waals surface area contributed by atoms with Gasteiger partial charge in [-0.15, -0.1) is 6.58 Å². The summed E-state index contributed by atoms with van der Waals surface area (Å²) < 4.78 is 0. The Balaban J connectivity index is 1.34. The van der Waals surface area contributed by atoms with E-state index < -0.39 is 6.35 Å². The molecule has 1 aliphatic carbocycles. The number of piperazine rings is 1. The van der Waals surface area contributed by atoms with Crippen molar-refractivity contribution in [1.82, 2.24) is 31.5 Å². The van der Waals surface area contributed by atoms with Gasteiger partial charge in [0.2, 0.25) is 0 Å². The van der Waals surface area contributed by atoms with E-state index in [1.165, 1.54) is 24.0 Å². The second-order valence-corrected chi connectivity index (χ2v) is 10.6. The Labute approximate surface area is 200 Å². The first-order chi connectivity index (χ1) is 15.9. The van der Waals surface area contributed by atoms with Crippen LogP contribution in [0.5, 0.6) is 0 Å². The van der Waals surface area contributed by atoms with Crippen molar-refractivity contribution >= 4 is 0 Å². The van der Waals surface area contributed by atoms with Crippen molar-refractivity contribution in [3.8, 4) is 0 Å². The number of nitrogens with one attached hydrogen (secondary N) is 5. The van der Waals surface area contributed by atoms with Crippen LogP contribution in [-0.2, 0) is 0 Å². The number of hydrogen-bond acceptors (Lipinski definition) is 7. The first-order valence-electron chi connectivity index (χ1n) is 13.0. The standard InChI is InChI=1S/C26H46N6O/c1-6-8-20-19(15-28-21(20)7-2)9-10-27-11-12-32-23-14-17(4)16(3)13-22(23)30-24-18(5)29-26(33)31-25(24)32/h6,19-31,33H,1,5,7-15H2,2-4H3/t19?,20-,21?,22?,23?,24?,25?,26?/m0/s1. The molecule has 7 unspecified atom stereocenters. The van der Waals surface area contributed by atoms with Crippen LogP contribution in [0.1, 0.15) is 52.9 Å². The number of aliphatic hydroxyl groups excluding tert-OH is 1. The first-order valence-corrected chi connectivity index (χ1v) is 13.0. The Morgan fingerprint density at radius 1 is 1.18 bits per heavy atom. The van der Waals surface area contributed by atoms with E-state index in [2.05, 4.69) is 71.5 Å². The molecule has 4 rings (SSSR count). The lowest BCUT2D eigenvalue weighted by Crippen LogP contribution is -2.77. The largest absolute Gasteiger partial charge is 0.361 e. The maximum absolute atomic E-state index is 10.3. The number of fused-ring (bicyclic) bond motifs is 2. The fraction of sp³-hybridized carbons (Fsp3) is 0.769. The Morgan fingerprint density at radius 2 is 1.97 bits per heavy atom. The van der Waals surface area contributed by atoms with E-state index in [9.17, 15) is 5.11 Å². The molecule has 0 bridgehead atoms. The molecule has 6 N–H and O–H groups in total. The molecule has 4 aliphatic rings. The topological polar surface area (TPSA) is 83.6 Å². The van der Waals surface area contributed by atoms with E-state index in [1.807, 2.05) is 0 Å². The maximum atomic E-state index is 10.3. The molecule has 3 heterocycles. The zero-order valence-electron chi connectivity index (χ0n) is 20.9. The molecule has 3 fully saturated rings. The van der Waals surface area contributed by atoms with Gasteiger partial charge in [-0.05, 0) is 70.9 Å². The van der Waals surface area contributed by atoms with Crippen LogP contribution in [0.15, 0.2) is 36.1 Å². The number of allylic oxidation sites excluding steroid dienone is 1. The number of hydrogen-bond donors (Lipinski definition) is 6. The Hall–Kier alpha value is -1.22. The summed E-state index contributed by atoms with van der Waals surface area (Å²) >= 11 is 0. The van der Waals surface area contributed by atoms with Crippen LogP contribution in [0, 0.1) is 11.8 Å². The molecule has 0 aromatic heterocycles. The molecule has 0 aromatic carbocycles. The highest BCUT2D eigenvalue weighted by molar-refractivity contribution is 5.24. The number of rotatable bonds is 9. The summed E-state index contributed by atoms with van der Waals surface area (Å²) in [6.45, 7) is 19.1. The zero-order chi connectivity index (χ0) is 23.5. The van der Waals surface area contributed by atoms with Crippen molar-refractivity contribution in [2.75, 3.05) is 26.2 Å². The summed E-state index contributed by atoms with van der Waals surface area (Å²) in [6.07, 6.45) is 7.07. The van der Waals surface area contributed by atoms with Gasteiger partial charge in [0.05, 0.1) is 12.2 Å². The third-order valence-corrected chi connectivity index (χ3v) is 8.64. The third-order valence-electron chi connectivity index (χ3n) is 8.64. The van der Waals surface area contributed by atoms with Crippen molar-refractivity contribution < 1.29 is 5.11 Å². The van der Waals surface area contributed by atoms with Crippen molar-refractivity contribution in [3.63, 3.8) is 0 Å². The summed E-state index contributed by atoms with van der Waals surface area (Å²) in [5.41, 5.74) is 3.89. The average molecular weight is 459 g/mol. The van der Waals surface area contributed by atoms with Crippen LogP contribution >= 0.6 is 0 Å². The minimum Gasteiger partial charge on any atom is -0.361 e. The smallest absolute Gasteiger partial charge is 0.182 e. The summed E-state index contributed by atoms with van der Waals surface area (Å²) in [5, 5.41) is 28.0. The van der Waals surface area contributed by atoms with Crippen LogP contribution < -0.4 is 26.6 Å². The van der Waals surface area contributed by atoms with Crippen molar-refractivity contribution in [3.05, 3.63) is 36.1 Å². The predicted octanol–water partition coefficient (Wildman–Crippen LogP) is 1.61. The molecule has 7 heteroatoms. The summed E-state index contributed by atoms with van der Waals surface area (Å²) in [4.78, 5) is 2.58. The van der Waals surface area contributed by atoms with E-state index in [4.69, 9.17) is 0 Å². The molecule has 8 atom stereocenters. The van der Waals surface area contributed by atoms with E-state index >= 15 is 0 Å². The van der Waals surface area contributed by atoms with Gasteiger partial charge in [0.25, 0.3) is 0 Å². The molecule has 3 aliphatic heterocycles. The Morgan fingerprint density at radius 3 is 2.73 bits per heavy atom. The summed E-state index contributed by atoms with van der Waals surface area (Å²) in [6, 6.07) is 1.58. The molecule has 0 saturated carbocycles. The lowest BCUT2D eigenvalue weighted by atomic mass is 9.81. The average Bonchev–Trinajstić information content (AvgIpc) is 3.16. The van der Waals surface area contributed by atoms with Crippen molar-refractivity contribution in [1.29, 1.82) is 0 Å². The van der Waals surface area contributed by atoms with Crippen molar-refractivity contribution in [2.45, 2.75) is 89.6 Å². The zero-order valence-corrected chi connectivity index (χ0v) is 20.9. The van der Waals surface area contributed by atoms with Gasteiger partial charge in [0.1, 0.15) is 0 Å². The maximum Gasteiger partial charge on any atom is 0.182 e. The normalized spacial score (nSPS) is 39.2. The Bertz CT molecular complexity index is 738. The number of nitrogens with zero attached hydrogens (tertiary/aromatic N) is 1. The lowest BCUT2D eigenvalue weighted by molar-refractivity contribution is -0.0420. The first kappa shape index (κ1) is 24.9. The predicted molar refractivity (Wildman–Crippen MR) is 135 cm³/mol. The molecular weight excluding hydrogens is 412 g/mol. The molecule has 0 amide bonds. The SMILES string of the molecule is C=CC[C@H]1C(CCNCCN2C3CC(C)=C(C)CC3NC3C(=C)NC(O)NC32)CNC1CC. The van der Waals surface area contributed by atoms with Crippen LogP contribution in [0.3, 0.4) is 0 Å². The molecule has 33 heavy (non-hydrogen) atoms. The highest BCUT2D eigenvalue weighted by Crippen LogP contribution is 2.34. The fourth-order valence-electron chi connectivity index (χ4n) is 6.63. The van der Waals surface area contributed by atoms with E-state index in [0.29, 0.717) is 18.1 Å². The fourth-order valence-corrected chi connectivity index (χ4v) is 6.63. The van der Waals surface area contributed by atoms with Crippen LogP contribution in [0.25, 0.3) is 0 Å². The molecule has 0 spiro atoms. The molecule has 186 valence electrons. The van der Waals surface area contributed by atoms with Gasteiger partial charge in [-0.2, -0.15) is 0 Å². The summed E-state index contributed by atoms with van der Waals surface area (Å²) in [7, 11) is 0. The highest BCUT2D eigenvalue weighted by Gasteiger charge is 2.47. The Kier molecular flexibility index (Phi) is 8.31. The molecule has 7 nitrogen and oxygen atoms in total. The highest BCUT2D eigenvalue weighted by atomic mass is 16.3. The van der Waals surface area contributed by atoms with Gasteiger partial charge < -0.3 is 26.4 Å². The molecule has 0 aromatic rings. The van der Waals surface area contributed by atoms with Crippen LogP contribution in [0.2, 0.25) is 0 Å². The quantitative estimate of drug-likeness (QED) is 0.231. The minimum atomic E-state index is -0.752. The molecular formula is C26H46N6O. The molecule has 3 saturated heterocycles. The lowest BCUT2D eigenvalue weighted by Gasteiger charge is -2.55. The summed E-state index contributed by atoms with van der Waals surface area (Å²) in [5.74, 6) is 1.45. The van der Waals surface area contributed by atoms with Crippen LogP contribution in [-0.4, -0.2) is 72.9 Å². The van der Waals surface area contributed by atoms with Crippen molar-refractivity contribution in [2.24, 2.45) is 11.8 Å². The molecule has 0 radical (unpaired) electrons. The second kappa shape index (κ2) is 11.0. The van der Waals surface area contributed by atoms with Gasteiger partial charge in [-0.25, -0.2) is 0 Å². The van der Waals surface area contributed by atoms with E-state index in [0.717, 1.165) is 63.0 Å². The van der Waals surface area contributed by atoms with E-state index in [-0.39, 0.29) is 12.2 Å². The van der Waals surface area contributed by atoms with Gasteiger partial charge in [-0.1, -0.05) is 30.7 Å². The van der Waals surface area contributed by atoms with Gasteiger partial charge in [0, 0.05) is 36.9 Å². The minimum absolute atomic E-state index is 0.0457.